The van der Waals surface area contributed by atoms with Gasteiger partial charge in [-0.05, 0) is 42.7 Å². The lowest BCUT2D eigenvalue weighted by Gasteiger charge is -2.12. The molecule has 2 aromatic rings. The van der Waals surface area contributed by atoms with Crippen LogP contribution in [0.2, 0.25) is 0 Å². The highest BCUT2D eigenvalue weighted by Gasteiger charge is 2.23. The molecule has 0 aromatic heterocycles. The van der Waals surface area contributed by atoms with E-state index in [2.05, 4.69) is 16.0 Å². The zero-order chi connectivity index (χ0) is 19.1. The first-order valence-corrected chi connectivity index (χ1v) is 8.84. The molecule has 0 radical (unpaired) electrons. The molecular weight excluding hydrogens is 346 g/mol. The zero-order valence-electron chi connectivity index (χ0n) is 15.2. The number of hydrogen-bond acceptors (Lipinski definition) is 4. The SMILES string of the molecule is COc1cccc(NC(=O)NCc2cccc(NC(=O)[C@H]3CCCO3)c2)c1. The van der Waals surface area contributed by atoms with Crippen molar-refractivity contribution >= 4 is 23.3 Å². The Kier molecular flexibility index (Phi) is 6.27. The molecule has 0 unspecified atom stereocenters. The number of carbonyl (C=O) groups is 2. The summed E-state index contributed by atoms with van der Waals surface area (Å²) in [6.07, 6.45) is 1.28. The molecule has 0 bridgehead atoms. The molecule has 1 saturated heterocycles. The number of urea groups is 1. The van der Waals surface area contributed by atoms with E-state index in [1.54, 1.807) is 31.4 Å². The van der Waals surface area contributed by atoms with Gasteiger partial charge in [-0.15, -0.1) is 0 Å². The molecule has 1 atom stereocenters. The number of amides is 3. The van der Waals surface area contributed by atoms with Gasteiger partial charge in [0.15, 0.2) is 0 Å². The lowest BCUT2D eigenvalue weighted by Crippen LogP contribution is -2.28. The van der Waals surface area contributed by atoms with E-state index in [9.17, 15) is 9.59 Å². The van der Waals surface area contributed by atoms with Crippen LogP contribution >= 0.6 is 0 Å². The zero-order valence-corrected chi connectivity index (χ0v) is 15.2. The molecule has 7 nitrogen and oxygen atoms in total. The molecular formula is C20H23N3O4. The fourth-order valence-corrected chi connectivity index (χ4v) is 2.82. The van der Waals surface area contributed by atoms with Crippen LogP contribution in [0, 0.1) is 0 Å². The van der Waals surface area contributed by atoms with Gasteiger partial charge in [0.2, 0.25) is 0 Å². The highest BCUT2D eigenvalue weighted by atomic mass is 16.5. The van der Waals surface area contributed by atoms with Gasteiger partial charge in [0.25, 0.3) is 5.91 Å². The number of anilines is 2. The van der Waals surface area contributed by atoms with E-state index in [1.165, 1.54) is 0 Å². The predicted molar refractivity (Wildman–Crippen MR) is 103 cm³/mol. The number of hydrogen-bond donors (Lipinski definition) is 3. The number of methoxy groups -OCH3 is 1. The maximum absolute atomic E-state index is 12.1. The van der Waals surface area contributed by atoms with Gasteiger partial charge < -0.3 is 25.4 Å². The summed E-state index contributed by atoms with van der Waals surface area (Å²) in [7, 11) is 1.57. The lowest BCUT2D eigenvalue weighted by atomic mass is 10.2. The number of benzene rings is 2. The van der Waals surface area contributed by atoms with Crippen LogP contribution in [0.15, 0.2) is 48.5 Å². The van der Waals surface area contributed by atoms with Crippen LogP contribution in [0.3, 0.4) is 0 Å². The summed E-state index contributed by atoms with van der Waals surface area (Å²) in [5, 5.41) is 8.41. The number of rotatable bonds is 6. The summed E-state index contributed by atoms with van der Waals surface area (Å²) in [5.74, 6) is 0.538. The minimum absolute atomic E-state index is 0.131. The molecule has 3 amide bonds. The molecule has 3 N–H and O–H groups in total. The van der Waals surface area contributed by atoms with E-state index in [4.69, 9.17) is 9.47 Å². The molecule has 1 heterocycles. The maximum atomic E-state index is 12.1. The maximum Gasteiger partial charge on any atom is 0.319 e. The highest BCUT2D eigenvalue weighted by Crippen LogP contribution is 2.17. The Morgan fingerprint density at radius 3 is 2.63 bits per heavy atom. The van der Waals surface area contributed by atoms with Crippen LogP contribution in [0.1, 0.15) is 18.4 Å². The van der Waals surface area contributed by atoms with Crippen molar-refractivity contribution in [2.45, 2.75) is 25.5 Å². The average molecular weight is 369 g/mol. The second-order valence-electron chi connectivity index (χ2n) is 6.23. The van der Waals surface area contributed by atoms with Crippen molar-refractivity contribution in [3.05, 3.63) is 54.1 Å². The Morgan fingerprint density at radius 1 is 1.11 bits per heavy atom. The number of carbonyl (C=O) groups excluding carboxylic acids is 2. The monoisotopic (exact) mass is 369 g/mol. The van der Waals surface area contributed by atoms with Crippen LogP contribution in [0.4, 0.5) is 16.2 Å². The van der Waals surface area contributed by atoms with Crippen molar-refractivity contribution < 1.29 is 19.1 Å². The average Bonchev–Trinajstić information content (AvgIpc) is 3.22. The van der Waals surface area contributed by atoms with Gasteiger partial charge in [0, 0.05) is 30.6 Å². The largest absolute Gasteiger partial charge is 0.497 e. The van der Waals surface area contributed by atoms with Gasteiger partial charge in [0.1, 0.15) is 11.9 Å². The summed E-state index contributed by atoms with van der Waals surface area (Å²) in [5.41, 5.74) is 2.20. The Balaban J connectivity index is 1.51. The van der Waals surface area contributed by atoms with Crippen LogP contribution < -0.4 is 20.7 Å². The van der Waals surface area contributed by atoms with Crippen molar-refractivity contribution in [1.29, 1.82) is 0 Å². The van der Waals surface area contributed by atoms with Crippen LogP contribution in [0.25, 0.3) is 0 Å². The number of nitrogens with one attached hydrogen (secondary N) is 3. The summed E-state index contributed by atoms with van der Waals surface area (Å²) in [4.78, 5) is 24.2. The van der Waals surface area contributed by atoms with Gasteiger partial charge in [-0.1, -0.05) is 18.2 Å². The van der Waals surface area contributed by atoms with Crippen LogP contribution in [-0.4, -0.2) is 31.8 Å². The van der Waals surface area contributed by atoms with E-state index in [-0.39, 0.29) is 18.0 Å². The second kappa shape index (κ2) is 9.05. The van der Waals surface area contributed by atoms with Crippen LogP contribution in [-0.2, 0) is 16.1 Å². The lowest BCUT2D eigenvalue weighted by molar-refractivity contribution is -0.124. The number of ether oxygens (including phenoxy) is 2. The van der Waals surface area contributed by atoms with Crippen molar-refractivity contribution in [3.8, 4) is 5.75 Å². The molecule has 0 spiro atoms. The molecule has 2 aromatic carbocycles. The van der Waals surface area contributed by atoms with Crippen LogP contribution in [0.5, 0.6) is 5.75 Å². The van der Waals surface area contributed by atoms with E-state index in [0.29, 0.717) is 30.3 Å². The predicted octanol–water partition coefficient (Wildman–Crippen LogP) is 3.13. The third kappa shape index (κ3) is 5.46. The molecule has 142 valence electrons. The van der Waals surface area contributed by atoms with E-state index in [0.717, 1.165) is 18.4 Å². The second-order valence-corrected chi connectivity index (χ2v) is 6.23. The summed E-state index contributed by atoms with van der Waals surface area (Å²) < 4.78 is 10.5. The Bertz CT molecular complexity index is 803. The minimum Gasteiger partial charge on any atom is -0.497 e. The first-order chi connectivity index (χ1) is 13.1. The molecule has 1 aliphatic rings. The van der Waals surface area contributed by atoms with Gasteiger partial charge in [0.05, 0.1) is 7.11 Å². The Morgan fingerprint density at radius 2 is 1.89 bits per heavy atom. The first-order valence-electron chi connectivity index (χ1n) is 8.84. The Labute approximate surface area is 158 Å². The van der Waals surface area contributed by atoms with Gasteiger partial charge in [-0.2, -0.15) is 0 Å². The third-order valence-electron chi connectivity index (χ3n) is 4.20. The van der Waals surface area contributed by atoms with Crippen molar-refractivity contribution in [3.63, 3.8) is 0 Å². The van der Waals surface area contributed by atoms with Gasteiger partial charge >= 0.3 is 6.03 Å². The normalized spacial score (nSPS) is 15.8. The quantitative estimate of drug-likeness (QED) is 0.730. The van der Waals surface area contributed by atoms with Gasteiger partial charge in [-0.3, -0.25) is 4.79 Å². The fourth-order valence-electron chi connectivity index (χ4n) is 2.82. The van der Waals surface area contributed by atoms with Gasteiger partial charge in [-0.25, -0.2) is 4.79 Å². The topological polar surface area (TPSA) is 88.7 Å². The van der Waals surface area contributed by atoms with E-state index in [1.807, 2.05) is 24.3 Å². The molecule has 1 fully saturated rings. The summed E-state index contributed by atoms with van der Waals surface area (Å²) >= 11 is 0. The fraction of sp³-hybridized carbons (Fsp3) is 0.300. The third-order valence-corrected chi connectivity index (χ3v) is 4.20. The summed E-state index contributed by atoms with van der Waals surface area (Å²) in [6, 6.07) is 14.2. The van der Waals surface area contributed by atoms with Crippen molar-refractivity contribution in [2.24, 2.45) is 0 Å². The first kappa shape index (κ1) is 18.7. The smallest absolute Gasteiger partial charge is 0.319 e. The minimum atomic E-state index is -0.375. The van der Waals surface area contributed by atoms with Crippen molar-refractivity contribution in [1.82, 2.24) is 5.32 Å². The molecule has 3 rings (SSSR count). The highest BCUT2D eigenvalue weighted by molar-refractivity contribution is 5.94. The molecule has 27 heavy (non-hydrogen) atoms. The molecule has 1 aliphatic heterocycles. The van der Waals surface area contributed by atoms with Crippen molar-refractivity contribution in [2.75, 3.05) is 24.4 Å². The van der Waals surface area contributed by atoms with E-state index >= 15 is 0 Å². The molecule has 0 saturated carbocycles. The van der Waals surface area contributed by atoms with E-state index < -0.39 is 0 Å². The molecule has 0 aliphatic carbocycles. The standard InChI is InChI=1S/C20H23N3O4/c1-26-17-8-3-7-16(12-17)23-20(25)21-13-14-5-2-6-15(11-14)22-19(24)18-9-4-10-27-18/h2-3,5-8,11-12,18H,4,9-10,13H2,1H3,(H,22,24)(H2,21,23,25)/t18-/m1/s1. The Hall–Kier alpha value is -3.06. The summed E-state index contributed by atoms with van der Waals surface area (Å²) in [6.45, 7) is 0.962. The molecule has 7 heteroatoms.